The van der Waals surface area contributed by atoms with Crippen LogP contribution in [0.5, 0.6) is 0 Å². The molecule has 1 amide bonds. The molecule has 1 aliphatic rings. The molecule has 4 nitrogen and oxygen atoms in total. The van der Waals surface area contributed by atoms with Gasteiger partial charge in [-0.1, -0.05) is 18.2 Å². The Morgan fingerprint density at radius 2 is 2.08 bits per heavy atom. The molecule has 1 heterocycles. The van der Waals surface area contributed by atoms with Crippen molar-refractivity contribution in [1.29, 1.82) is 0 Å². The number of primary amides is 1. The van der Waals surface area contributed by atoms with Gasteiger partial charge >= 0.3 is 0 Å². The summed E-state index contributed by atoms with van der Waals surface area (Å²) in [6.07, 6.45) is 1.56. The summed E-state index contributed by atoms with van der Waals surface area (Å²) in [5, 5.41) is 0. The van der Waals surface area contributed by atoms with Gasteiger partial charge < -0.3 is 16.6 Å². The Labute approximate surface area is 75.4 Å². The van der Waals surface area contributed by atoms with Crippen LogP contribution in [0.4, 0.5) is 5.69 Å². The first-order valence-corrected chi connectivity index (χ1v) is 3.90. The second-order valence-electron chi connectivity index (χ2n) is 2.74. The topological polar surface area (TPSA) is 67.2 Å². The summed E-state index contributed by atoms with van der Waals surface area (Å²) in [6, 6.07) is 7.47. The number of nitrogens with one attached hydrogen (secondary N) is 2. The first-order valence-electron chi connectivity index (χ1n) is 3.90. The molecule has 0 fully saturated rings. The summed E-state index contributed by atoms with van der Waals surface area (Å²) in [4.78, 5) is 11.0. The predicted molar refractivity (Wildman–Crippen MR) is 50.4 cm³/mol. The second kappa shape index (κ2) is 2.82. The molecule has 0 unspecified atom stereocenters. The molecular formula is C9H9N3O. The van der Waals surface area contributed by atoms with Gasteiger partial charge in [-0.2, -0.15) is 0 Å². The lowest BCUT2D eigenvalue weighted by Crippen LogP contribution is -2.25. The Kier molecular flexibility index (Phi) is 1.66. The molecule has 1 aliphatic heterocycles. The van der Waals surface area contributed by atoms with Gasteiger partial charge in [0, 0.05) is 11.8 Å². The highest BCUT2D eigenvalue weighted by Gasteiger charge is 2.14. The van der Waals surface area contributed by atoms with Crippen LogP contribution in [0.2, 0.25) is 0 Å². The van der Waals surface area contributed by atoms with Crippen molar-refractivity contribution in [3.8, 4) is 0 Å². The number of hydrazine groups is 1. The molecule has 0 saturated carbocycles. The van der Waals surface area contributed by atoms with Gasteiger partial charge in [0.25, 0.3) is 5.91 Å². The lowest BCUT2D eigenvalue weighted by Gasteiger charge is -2.17. The van der Waals surface area contributed by atoms with Gasteiger partial charge in [0.05, 0.1) is 11.3 Å². The first kappa shape index (κ1) is 7.67. The van der Waals surface area contributed by atoms with Crippen LogP contribution in [0.3, 0.4) is 0 Å². The van der Waals surface area contributed by atoms with Gasteiger partial charge in [0.15, 0.2) is 0 Å². The minimum absolute atomic E-state index is 0.429. The number of carbonyl (C=O) groups is 1. The van der Waals surface area contributed by atoms with Crippen LogP contribution in [0.15, 0.2) is 30.5 Å². The maximum atomic E-state index is 11.0. The Bertz CT molecular complexity index is 384. The Balaban J connectivity index is 2.53. The normalized spacial score (nSPS) is 13.4. The number of nitrogens with two attached hydrogens (primary N) is 1. The summed E-state index contributed by atoms with van der Waals surface area (Å²) in [5.74, 6) is -0.429. The average Bonchev–Trinajstić information content (AvgIpc) is 2.17. The van der Waals surface area contributed by atoms with E-state index in [9.17, 15) is 4.79 Å². The highest BCUT2D eigenvalue weighted by molar-refractivity contribution is 6.20. The maximum Gasteiger partial charge on any atom is 0.250 e. The number of carbonyl (C=O) groups excluding carboxylic acids is 1. The van der Waals surface area contributed by atoms with Crippen LogP contribution in [-0.2, 0) is 4.79 Å². The highest BCUT2D eigenvalue weighted by Crippen LogP contribution is 2.24. The van der Waals surface area contributed by atoms with E-state index in [1.54, 1.807) is 6.20 Å². The van der Waals surface area contributed by atoms with Crippen molar-refractivity contribution in [3.63, 3.8) is 0 Å². The van der Waals surface area contributed by atoms with Crippen LogP contribution in [-0.4, -0.2) is 5.91 Å². The molecule has 1 aromatic rings. The summed E-state index contributed by atoms with van der Waals surface area (Å²) >= 11 is 0. The first-order chi connectivity index (χ1) is 6.29. The van der Waals surface area contributed by atoms with E-state index in [-0.39, 0.29) is 0 Å². The third-order valence-corrected chi connectivity index (χ3v) is 1.91. The molecular weight excluding hydrogens is 166 g/mol. The highest BCUT2D eigenvalue weighted by atomic mass is 16.1. The van der Waals surface area contributed by atoms with Crippen LogP contribution in [0.1, 0.15) is 5.56 Å². The molecule has 0 aromatic heterocycles. The van der Waals surface area contributed by atoms with E-state index in [4.69, 9.17) is 5.73 Å². The van der Waals surface area contributed by atoms with E-state index in [2.05, 4.69) is 10.9 Å². The van der Waals surface area contributed by atoms with Gasteiger partial charge in [0.2, 0.25) is 0 Å². The van der Waals surface area contributed by atoms with Crippen LogP contribution < -0.4 is 16.6 Å². The van der Waals surface area contributed by atoms with E-state index >= 15 is 0 Å². The molecule has 0 spiro atoms. The zero-order valence-electron chi connectivity index (χ0n) is 6.87. The van der Waals surface area contributed by atoms with Gasteiger partial charge in [-0.05, 0) is 6.07 Å². The summed E-state index contributed by atoms with van der Waals surface area (Å²) in [5.41, 5.74) is 13.1. The molecule has 0 radical (unpaired) electrons. The van der Waals surface area contributed by atoms with Crippen molar-refractivity contribution in [2.24, 2.45) is 5.73 Å². The quantitative estimate of drug-likeness (QED) is 0.580. The molecule has 13 heavy (non-hydrogen) atoms. The molecule has 4 N–H and O–H groups in total. The average molecular weight is 175 g/mol. The Morgan fingerprint density at radius 1 is 1.31 bits per heavy atom. The number of amides is 1. The minimum atomic E-state index is -0.429. The smallest absolute Gasteiger partial charge is 0.250 e. The van der Waals surface area contributed by atoms with Gasteiger partial charge in [0.1, 0.15) is 0 Å². The molecule has 0 bridgehead atoms. The molecule has 2 rings (SSSR count). The molecule has 66 valence electrons. The zero-order chi connectivity index (χ0) is 9.26. The summed E-state index contributed by atoms with van der Waals surface area (Å²) in [6.45, 7) is 0. The van der Waals surface area contributed by atoms with Crippen molar-refractivity contribution >= 4 is 17.2 Å². The van der Waals surface area contributed by atoms with E-state index < -0.39 is 5.91 Å². The predicted octanol–water partition coefficient (Wildman–Crippen LogP) is 0.443. The zero-order valence-corrected chi connectivity index (χ0v) is 6.87. The van der Waals surface area contributed by atoms with Gasteiger partial charge in [-0.3, -0.25) is 4.79 Å². The summed E-state index contributed by atoms with van der Waals surface area (Å²) in [7, 11) is 0. The van der Waals surface area contributed by atoms with E-state index in [0.717, 1.165) is 11.3 Å². The van der Waals surface area contributed by atoms with Gasteiger partial charge in [-0.15, -0.1) is 0 Å². The Morgan fingerprint density at radius 3 is 2.85 bits per heavy atom. The molecule has 4 heteroatoms. The number of para-hydroxylation sites is 1. The Hall–Kier alpha value is -1.97. The maximum absolute atomic E-state index is 11.0. The van der Waals surface area contributed by atoms with Crippen molar-refractivity contribution < 1.29 is 4.79 Å². The fourth-order valence-electron chi connectivity index (χ4n) is 1.29. The number of hydrogen-bond donors (Lipinski definition) is 3. The standard InChI is InChI=1S/C9H9N3O/c10-9(13)7-5-11-12-8-4-2-1-3-6(7)8/h1-5,11-12H,(H2,10,13). The van der Waals surface area contributed by atoms with Crippen molar-refractivity contribution in [2.45, 2.75) is 0 Å². The van der Waals surface area contributed by atoms with E-state index in [1.807, 2.05) is 24.3 Å². The second-order valence-corrected chi connectivity index (χ2v) is 2.74. The van der Waals surface area contributed by atoms with Crippen molar-refractivity contribution in [1.82, 2.24) is 5.43 Å². The molecule has 1 aromatic carbocycles. The number of fused-ring (bicyclic) bond motifs is 1. The SMILES string of the molecule is NC(=O)C1=CNNc2ccccc21. The van der Waals surface area contributed by atoms with Crippen LogP contribution >= 0.6 is 0 Å². The lowest BCUT2D eigenvalue weighted by molar-refractivity contribution is -0.112. The number of benzene rings is 1. The largest absolute Gasteiger partial charge is 0.366 e. The fraction of sp³-hybridized carbons (Fsp3) is 0. The third-order valence-electron chi connectivity index (χ3n) is 1.91. The number of rotatable bonds is 1. The monoisotopic (exact) mass is 175 g/mol. The van der Waals surface area contributed by atoms with E-state index in [1.165, 1.54) is 0 Å². The number of anilines is 1. The van der Waals surface area contributed by atoms with E-state index in [0.29, 0.717) is 5.57 Å². The van der Waals surface area contributed by atoms with Crippen LogP contribution in [0.25, 0.3) is 5.57 Å². The van der Waals surface area contributed by atoms with Gasteiger partial charge in [-0.25, -0.2) is 0 Å². The fourth-order valence-corrected chi connectivity index (χ4v) is 1.29. The molecule has 0 saturated heterocycles. The van der Waals surface area contributed by atoms with Crippen LogP contribution in [0, 0.1) is 0 Å². The van der Waals surface area contributed by atoms with Crippen molar-refractivity contribution in [2.75, 3.05) is 5.43 Å². The lowest BCUT2D eigenvalue weighted by atomic mass is 10.0. The summed E-state index contributed by atoms with van der Waals surface area (Å²) < 4.78 is 0. The molecule has 0 atom stereocenters. The minimum Gasteiger partial charge on any atom is -0.366 e. The van der Waals surface area contributed by atoms with Crippen molar-refractivity contribution in [3.05, 3.63) is 36.0 Å². The number of hydrogen-bond acceptors (Lipinski definition) is 3. The third kappa shape index (κ3) is 1.22. The molecule has 0 aliphatic carbocycles.